The molecule has 4 fully saturated rings. The summed E-state index contributed by atoms with van der Waals surface area (Å²) in [6.45, 7) is 19.6. The normalized spacial score (nSPS) is 24.0. The highest BCUT2D eigenvalue weighted by molar-refractivity contribution is 5.96. The number of likely N-dealkylation sites (tertiary alicyclic amines) is 1. The quantitative estimate of drug-likeness (QED) is 0.0781. The van der Waals surface area contributed by atoms with Gasteiger partial charge < -0.3 is 35.1 Å². The van der Waals surface area contributed by atoms with Crippen LogP contribution in [0.5, 0.6) is 0 Å². The second kappa shape index (κ2) is 28.1. The number of likely N-dealkylation sites (N-methyl/N-ethyl adjacent to an activating group) is 1. The number of amides is 4. The molecule has 0 bridgehead atoms. The lowest BCUT2D eigenvalue weighted by Crippen LogP contribution is -2.56. The summed E-state index contributed by atoms with van der Waals surface area (Å²) in [4.78, 5) is 93.4. The van der Waals surface area contributed by atoms with Gasteiger partial charge in [0.2, 0.25) is 17.7 Å². The number of carbonyl (C=O) groups is 6. The largest absolute Gasteiger partial charge is 0.462 e. The van der Waals surface area contributed by atoms with E-state index in [0.717, 1.165) is 57.2 Å². The molecule has 0 radical (unpaired) electrons. The lowest BCUT2D eigenvalue weighted by Gasteiger charge is -2.37. The van der Waals surface area contributed by atoms with Crippen molar-refractivity contribution in [3.8, 4) is 0 Å². The summed E-state index contributed by atoms with van der Waals surface area (Å²) in [7, 11) is 5.12. The number of benzene rings is 1. The van der Waals surface area contributed by atoms with Crippen molar-refractivity contribution in [3.05, 3.63) is 35.9 Å². The van der Waals surface area contributed by atoms with Crippen molar-refractivity contribution in [1.82, 2.24) is 30.8 Å². The van der Waals surface area contributed by atoms with Crippen LogP contribution in [0.1, 0.15) is 150 Å². The highest BCUT2D eigenvalue weighted by Crippen LogP contribution is 2.53. The average molecular weight is 1010 g/mol. The molecule has 3 saturated heterocycles. The van der Waals surface area contributed by atoms with Gasteiger partial charge >= 0.3 is 5.97 Å². The number of ether oxygens (including phenoxy) is 3. The number of ketones is 1. The molecule has 0 spiro atoms. The summed E-state index contributed by atoms with van der Waals surface area (Å²) in [6.07, 6.45) is 7.24. The zero-order valence-corrected chi connectivity index (χ0v) is 45.8. The number of rotatable bonds is 28. The molecule has 1 aliphatic carbocycles. The number of hydroxylamine groups is 2. The molecule has 3 N–H and O–H groups in total. The van der Waals surface area contributed by atoms with E-state index >= 15 is 0 Å². The van der Waals surface area contributed by atoms with Gasteiger partial charge in [0.15, 0.2) is 5.78 Å². The Labute approximate surface area is 431 Å². The van der Waals surface area contributed by atoms with Crippen LogP contribution >= 0.6 is 0 Å². The fourth-order valence-electron chi connectivity index (χ4n) is 11.7. The van der Waals surface area contributed by atoms with Crippen molar-refractivity contribution in [1.29, 1.82) is 0 Å². The molecule has 16 heteroatoms. The standard InChI is InChI=1S/C56H92N6O10/c1-12-38(6)43(25-24-39(7)51(65)49(36(2)3)58-54(67)50(37(4)5)60(9)30-19-23-48(64)72-42-26-28-57-29-27-42)46(69-10)34-47(63)61-31-18-22-45(61)52(70-11)40(8)53(66)59-56(55(68)62-32-16-17-33-71-62)35-44(56)41-20-14-13-15-21-41/h13-15,20-21,36-40,42-46,49-50,52,57H,12,16-19,22-35H2,1-11H3,(H,58,67)(H,59,66). The maximum absolute atomic E-state index is 14.5. The molecule has 1 saturated carbocycles. The molecule has 72 heavy (non-hydrogen) atoms. The van der Waals surface area contributed by atoms with Crippen LogP contribution < -0.4 is 16.0 Å². The summed E-state index contributed by atoms with van der Waals surface area (Å²) in [5.74, 6) is -2.27. The van der Waals surface area contributed by atoms with Crippen molar-refractivity contribution < 1.29 is 47.8 Å². The van der Waals surface area contributed by atoms with E-state index in [2.05, 4.69) is 29.8 Å². The zero-order valence-electron chi connectivity index (χ0n) is 45.8. The predicted molar refractivity (Wildman–Crippen MR) is 277 cm³/mol. The Balaban J connectivity index is 1.18. The van der Waals surface area contributed by atoms with Gasteiger partial charge in [0.25, 0.3) is 5.91 Å². The van der Waals surface area contributed by atoms with Crippen molar-refractivity contribution in [2.24, 2.45) is 35.5 Å². The third kappa shape index (κ3) is 15.3. The first-order chi connectivity index (χ1) is 34.4. The Kier molecular flexibility index (Phi) is 23.0. The van der Waals surface area contributed by atoms with Gasteiger partial charge in [-0.2, -0.15) is 0 Å². The van der Waals surface area contributed by atoms with Crippen LogP contribution in [-0.4, -0.2) is 153 Å². The molecule has 4 aliphatic rings. The number of hydrogen-bond donors (Lipinski definition) is 3. The summed E-state index contributed by atoms with van der Waals surface area (Å²) in [6, 6.07) is 8.27. The van der Waals surface area contributed by atoms with Crippen molar-refractivity contribution >= 4 is 35.4 Å². The Morgan fingerprint density at radius 2 is 1.58 bits per heavy atom. The molecule has 3 heterocycles. The van der Waals surface area contributed by atoms with Gasteiger partial charge in [0.05, 0.1) is 49.3 Å². The van der Waals surface area contributed by atoms with Crippen LogP contribution in [0.3, 0.4) is 0 Å². The molecule has 5 rings (SSSR count). The molecule has 3 aliphatic heterocycles. The van der Waals surface area contributed by atoms with Crippen LogP contribution in [-0.2, 0) is 47.8 Å². The second-order valence-electron chi connectivity index (χ2n) is 22.2. The van der Waals surface area contributed by atoms with Gasteiger partial charge in [-0.1, -0.05) is 92.1 Å². The molecule has 1 aromatic rings. The van der Waals surface area contributed by atoms with Gasteiger partial charge in [-0.05, 0) is 120 Å². The van der Waals surface area contributed by atoms with E-state index in [1.165, 1.54) is 5.06 Å². The number of piperidine rings is 1. The highest BCUT2D eigenvalue weighted by atomic mass is 16.7. The van der Waals surface area contributed by atoms with Gasteiger partial charge in [0.1, 0.15) is 11.6 Å². The first-order valence-electron chi connectivity index (χ1n) is 27.5. The van der Waals surface area contributed by atoms with Crippen LogP contribution in [0, 0.1) is 35.5 Å². The van der Waals surface area contributed by atoms with Crippen LogP contribution in [0.2, 0.25) is 0 Å². The number of Topliss-reactive ketones (excluding diaryl/α,β-unsaturated/α-hetero) is 1. The molecule has 11 unspecified atom stereocenters. The summed E-state index contributed by atoms with van der Waals surface area (Å²) < 4.78 is 17.9. The minimum absolute atomic E-state index is 0.0202. The first kappa shape index (κ1) is 58.9. The lowest BCUT2D eigenvalue weighted by molar-refractivity contribution is -0.200. The van der Waals surface area contributed by atoms with Crippen LogP contribution in [0.25, 0.3) is 0 Å². The van der Waals surface area contributed by atoms with E-state index < -0.39 is 35.7 Å². The van der Waals surface area contributed by atoms with Crippen LogP contribution in [0.4, 0.5) is 0 Å². The number of nitrogens with one attached hydrogen (secondary N) is 3. The minimum atomic E-state index is -1.13. The van der Waals surface area contributed by atoms with E-state index in [0.29, 0.717) is 58.3 Å². The first-order valence-corrected chi connectivity index (χ1v) is 27.5. The van der Waals surface area contributed by atoms with E-state index in [4.69, 9.17) is 19.0 Å². The molecule has 0 aromatic heterocycles. The Morgan fingerprint density at radius 3 is 2.19 bits per heavy atom. The average Bonchev–Trinajstić information content (AvgIpc) is 3.89. The van der Waals surface area contributed by atoms with Gasteiger partial charge in [-0.15, -0.1) is 0 Å². The molecule has 406 valence electrons. The van der Waals surface area contributed by atoms with Crippen LogP contribution in [0.15, 0.2) is 30.3 Å². The SMILES string of the molecule is CCC(C)C(CCC(C)C(=O)C(NC(=O)C(C(C)C)N(C)CCCC(=O)OC1CCNCC1)C(C)C)C(CC(=O)N1CCCC1C(OC)C(C)C(=O)NC1(C(=O)N2CCCCO2)CC1c1ccccc1)OC. The van der Waals surface area contributed by atoms with E-state index in [1.54, 1.807) is 14.2 Å². The molecule has 4 amide bonds. The highest BCUT2D eigenvalue weighted by Gasteiger charge is 2.64. The number of hydrogen-bond acceptors (Lipinski definition) is 12. The summed E-state index contributed by atoms with van der Waals surface area (Å²) >= 11 is 0. The third-order valence-corrected chi connectivity index (χ3v) is 16.4. The topological polar surface area (TPSA) is 185 Å². The maximum Gasteiger partial charge on any atom is 0.306 e. The van der Waals surface area contributed by atoms with Crippen molar-refractivity contribution in [3.63, 3.8) is 0 Å². The van der Waals surface area contributed by atoms with E-state index in [1.807, 2.05) is 88.7 Å². The van der Waals surface area contributed by atoms with Gasteiger partial charge in [-0.25, -0.2) is 5.06 Å². The minimum Gasteiger partial charge on any atom is -0.462 e. The Hall–Kier alpha value is -3.96. The Bertz CT molecular complexity index is 1910. The monoisotopic (exact) mass is 1010 g/mol. The van der Waals surface area contributed by atoms with Gasteiger partial charge in [-0.3, -0.25) is 38.5 Å². The number of methoxy groups -OCH3 is 2. The fourth-order valence-corrected chi connectivity index (χ4v) is 11.7. The van der Waals surface area contributed by atoms with E-state index in [9.17, 15) is 28.8 Å². The fraction of sp³-hybridized carbons (Fsp3) is 0.786. The smallest absolute Gasteiger partial charge is 0.306 e. The number of esters is 1. The lowest BCUT2D eigenvalue weighted by atomic mass is 9.79. The number of nitrogens with zero attached hydrogens (tertiary/aromatic N) is 3. The molecular weight excluding hydrogens is 917 g/mol. The molecule has 16 nitrogen and oxygen atoms in total. The maximum atomic E-state index is 14.5. The zero-order chi connectivity index (χ0) is 52.7. The van der Waals surface area contributed by atoms with Gasteiger partial charge in [0, 0.05) is 45.6 Å². The van der Waals surface area contributed by atoms with Crippen molar-refractivity contribution in [2.45, 2.75) is 187 Å². The molecule has 11 atom stereocenters. The predicted octanol–water partition coefficient (Wildman–Crippen LogP) is 6.45. The van der Waals surface area contributed by atoms with E-state index in [-0.39, 0.29) is 95.9 Å². The third-order valence-electron chi connectivity index (χ3n) is 16.4. The summed E-state index contributed by atoms with van der Waals surface area (Å²) in [5, 5.41) is 11.0. The molecular formula is C56H92N6O10. The summed E-state index contributed by atoms with van der Waals surface area (Å²) in [5.41, 5.74) is -0.146. The second-order valence-corrected chi connectivity index (χ2v) is 22.2. The Morgan fingerprint density at radius 1 is 0.875 bits per heavy atom. The van der Waals surface area contributed by atoms with Crippen molar-refractivity contribution in [2.75, 3.05) is 60.6 Å². The number of carbonyl (C=O) groups excluding carboxylic acids is 6. The molecule has 1 aromatic carbocycles.